The summed E-state index contributed by atoms with van der Waals surface area (Å²) in [6.45, 7) is 4.74. The van der Waals surface area contributed by atoms with Gasteiger partial charge in [0, 0.05) is 37.1 Å². The fraction of sp³-hybridized carbons (Fsp3) is 0.500. The molecule has 92 valence electrons. The van der Waals surface area contributed by atoms with E-state index < -0.39 is 5.60 Å². The molecule has 0 unspecified atom stereocenters. The van der Waals surface area contributed by atoms with Crippen LogP contribution in [0.3, 0.4) is 0 Å². The van der Waals surface area contributed by atoms with E-state index in [-0.39, 0.29) is 11.9 Å². The van der Waals surface area contributed by atoms with Crippen molar-refractivity contribution in [2.45, 2.75) is 19.4 Å². The number of urea groups is 1. The highest BCUT2D eigenvalue weighted by Crippen LogP contribution is 2.27. The molecule has 0 aliphatic carbocycles. The molecule has 2 heterocycles. The van der Waals surface area contributed by atoms with Crippen LogP contribution in [0.25, 0.3) is 0 Å². The molecule has 1 aliphatic heterocycles. The van der Waals surface area contributed by atoms with Gasteiger partial charge in [-0.05, 0) is 26.0 Å². The molecule has 1 fully saturated rings. The molecule has 0 saturated carbocycles. The molecular formula is C12H17N3O2. The molecule has 5 heteroatoms. The van der Waals surface area contributed by atoms with E-state index in [2.05, 4.69) is 10.3 Å². The quantitative estimate of drug-likeness (QED) is 0.812. The third kappa shape index (κ3) is 2.74. The molecule has 0 bridgehead atoms. The maximum atomic E-state index is 11.8. The number of hydrogen-bond donors (Lipinski definition) is 2. The number of amides is 2. The van der Waals surface area contributed by atoms with Gasteiger partial charge < -0.3 is 15.3 Å². The van der Waals surface area contributed by atoms with Crippen molar-refractivity contribution in [3.63, 3.8) is 0 Å². The van der Waals surface area contributed by atoms with Gasteiger partial charge >= 0.3 is 6.03 Å². The minimum atomic E-state index is -0.715. The van der Waals surface area contributed by atoms with Gasteiger partial charge in [0.25, 0.3) is 0 Å². The number of carbonyl (C=O) groups excluding carboxylic acids is 1. The molecule has 0 atom stereocenters. The molecule has 2 N–H and O–H groups in total. The minimum absolute atomic E-state index is 0.128. The van der Waals surface area contributed by atoms with Crippen LogP contribution < -0.4 is 5.32 Å². The van der Waals surface area contributed by atoms with Gasteiger partial charge in [0.2, 0.25) is 0 Å². The molecule has 0 spiro atoms. The average molecular weight is 235 g/mol. The summed E-state index contributed by atoms with van der Waals surface area (Å²) in [4.78, 5) is 17.3. The van der Waals surface area contributed by atoms with Gasteiger partial charge in [-0.1, -0.05) is 0 Å². The number of nitrogens with one attached hydrogen (secondary N) is 1. The predicted molar refractivity (Wildman–Crippen MR) is 64.6 cm³/mol. The number of anilines is 1. The summed E-state index contributed by atoms with van der Waals surface area (Å²) < 4.78 is 0. The first-order valence-electron chi connectivity index (χ1n) is 5.65. The molecule has 1 saturated heterocycles. The second-order valence-electron chi connectivity index (χ2n) is 4.92. The van der Waals surface area contributed by atoms with Crippen LogP contribution >= 0.6 is 0 Å². The Labute approximate surface area is 100 Å². The zero-order valence-corrected chi connectivity index (χ0v) is 10.1. The molecular weight excluding hydrogens is 218 g/mol. The Hall–Kier alpha value is -1.62. The highest BCUT2D eigenvalue weighted by atomic mass is 16.3. The predicted octanol–water partition coefficient (Wildman–Crippen LogP) is 1.32. The molecule has 2 amide bonds. The van der Waals surface area contributed by atoms with E-state index in [0.29, 0.717) is 13.1 Å². The van der Waals surface area contributed by atoms with E-state index in [0.717, 1.165) is 5.69 Å². The lowest BCUT2D eigenvalue weighted by molar-refractivity contribution is -0.0440. The van der Waals surface area contributed by atoms with Gasteiger partial charge in [-0.25, -0.2) is 4.79 Å². The van der Waals surface area contributed by atoms with Crippen molar-refractivity contribution >= 4 is 11.7 Å². The van der Waals surface area contributed by atoms with E-state index in [9.17, 15) is 9.90 Å². The first kappa shape index (κ1) is 11.9. The monoisotopic (exact) mass is 235 g/mol. The third-order valence-corrected chi connectivity index (χ3v) is 3.10. The van der Waals surface area contributed by atoms with E-state index in [1.54, 1.807) is 43.3 Å². The highest BCUT2D eigenvalue weighted by Gasteiger charge is 2.39. The fourth-order valence-corrected chi connectivity index (χ4v) is 1.73. The maximum absolute atomic E-state index is 11.8. The van der Waals surface area contributed by atoms with Crippen molar-refractivity contribution in [1.82, 2.24) is 9.88 Å². The van der Waals surface area contributed by atoms with Crippen LogP contribution in [-0.4, -0.2) is 39.7 Å². The fourth-order valence-electron chi connectivity index (χ4n) is 1.73. The van der Waals surface area contributed by atoms with Crippen molar-refractivity contribution in [2.24, 2.45) is 5.92 Å². The van der Waals surface area contributed by atoms with Crippen LogP contribution in [0.15, 0.2) is 24.5 Å². The first-order valence-corrected chi connectivity index (χ1v) is 5.65. The van der Waals surface area contributed by atoms with Crippen LogP contribution in [0.2, 0.25) is 0 Å². The van der Waals surface area contributed by atoms with Crippen LogP contribution in [0.4, 0.5) is 10.5 Å². The van der Waals surface area contributed by atoms with Gasteiger partial charge in [-0.3, -0.25) is 4.98 Å². The smallest absolute Gasteiger partial charge is 0.321 e. The highest BCUT2D eigenvalue weighted by molar-refractivity contribution is 5.89. The zero-order chi connectivity index (χ0) is 12.5. The third-order valence-electron chi connectivity index (χ3n) is 3.10. The minimum Gasteiger partial charge on any atom is -0.390 e. The molecule has 2 rings (SSSR count). The number of aliphatic hydroxyl groups is 1. The van der Waals surface area contributed by atoms with Crippen LogP contribution in [0.5, 0.6) is 0 Å². The van der Waals surface area contributed by atoms with Gasteiger partial charge in [-0.15, -0.1) is 0 Å². The molecule has 1 aromatic rings. The normalized spacial score (nSPS) is 16.5. The average Bonchev–Trinajstić information content (AvgIpc) is 2.14. The molecule has 0 aromatic carbocycles. The van der Waals surface area contributed by atoms with Gasteiger partial charge in [0.15, 0.2) is 0 Å². The van der Waals surface area contributed by atoms with E-state index in [1.165, 1.54) is 0 Å². The largest absolute Gasteiger partial charge is 0.390 e. The Morgan fingerprint density at radius 3 is 2.59 bits per heavy atom. The Morgan fingerprint density at radius 2 is 2.06 bits per heavy atom. The second-order valence-corrected chi connectivity index (χ2v) is 4.92. The molecule has 0 radical (unpaired) electrons. The number of carbonyl (C=O) groups is 1. The lowest BCUT2D eigenvalue weighted by Crippen LogP contribution is -2.58. The summed E-state index contributed by atoms with van der Waals surface area (Å²) in [5.74, 6) is 0.158. The van der Waals surface area contributed by atoms with Crippen LogP contribution in [-0.2, 0) is 0 Å². The van der Waals surface area contributed by atoms with E-state index in [1.807, 2.05) is 0 Å². The van der Waals surface area contributed by atoms with E-state index in [4.69, 9.17) is 0 Å². The second kappa shape index (κ2) is 4.33. The van der Waals surface area contributed by atoms with Crippen molar-refractivity contribution in [3.8, 4) is 0 Å². The van der Waals surface area contributed by atoms with Crippen molar-refractivity contribution in [2.75, 3.05) is 18.4 Å². The summed E-state index contributed by atoms with van der Waals surface area (Å²) in [6, 6.07) is 3.35. The summed E-state index contributed by atoms with van der Waals surface area (Å²) in [6.07, 6.45) is 3.26. The van der Waals surface area contributed by atoms with Gasteiger partial charge in [0.1, 0.15) is 0 Å². The number of pyridine rings is 1. The maximum Gasteiger partial charge on any atom is 0.321 e. The SMILES string of the molecule is CC(C)(O)C1CN(C(=O)Nc2ccncc2)C1. The van der Waals surface area contributed by atoms with Crippen LogP contribution in [0.1, 0.15) is 13.8 Å². The number of hydrogen-bond acceptors (Lipinski definition) is 3. The molecule has 1 aromatic heterocycles. The van der Waals surface area contributed by atoms with E-state index >= 15 is 0 Å². The number of likely N-dealkylation sites (tertiary alicyclic amines) is 1. The summed E-state index contributed by atoms with van der Waals surface area (Å²) in [5, 5.41) is 12.5. The first-order chi connectivity index (χ1) is 7.97. The summed E-state index contributed by atoms with van der Waals surface area (Å²) in [7, 11) is 0. The van der Waals surface area contributed by atoms with Crippen molar-refractivity contribution in [1.29, 1.82) is 0 Å². The summed E-state index contributed by atoms with van der Waals surface area (Å²) >= 11 is 0. The van der Waals surface area contributed by atoms with Gasteiger partial charge in [-0.2, -0.15) is 0 Å². The standard InChI is InChI=1S/C12H17N3O2/c1-12(2,17)9-7-15(8-9)11(16)14-10-3-5-13-6-4-10/h3-6,9,17H,7-8H2,1-2H3,(H,13,14,16). The summed E-state index contributed by atoms with van der Waals surface area (Å²) in [5.41, 5.74) is 0.0182. The van der Waals surface area contributed by atoms with Gasteiger partial charge in [0.05, 0.1) is 5.60 Å². The molecule has 17 heavy (non-hydrogen) atoms. The Bertz CT molecular complexity index is 394. The van der Waals surface area contributed by atoms with Crippen molar-refractivity contribution < 1.29 is 9.90 Å². The number of nitrogens with zero attached hydrogens (tertiary/aromatic N) is 2. The lowest BCUT2D eigenvalue weighted by Gasteiger charge is -2.44. The van der Waals surface area contributed by atoms with Crippen molar-refractivity contribution in [3.05, 3.63) is 24.5 Å². The molecule has 5 nitrogen and oxygen atoms in total. The topological polar surface area (TPSA) is 65.5 Å². The Morgan fingerprint density at radius 1 is 1.47 bits per heavy atom. The number of aromatic nitrogens is 1. The lowest BCUT2D eigenvalue weighted by atomic mass is 9.85. The Balaban J connectivity index is 1.84. The Kier molecular flexibility index (Phi) is 3.02. The zero-order valence-electron chi connectivity index (χ0n) is 10.1. The molecule has 1 aliphatic rings. The van der Waals surface area contributed by atoms with Crippen LogP contribution in [0, 0.1) is 5.92 Å². The number of rotatable bonds is 2.